The number of hydrogen-bond acceptors (Lipinski definition) is 1. The Morgan fingerprint density at radius 3 is 2.32 bits per heavy atom. The molecule has 132 valence electrons. The summed E-state index contributed by atoms with van der Waals surface area (Å²) in [5.41, 5.74) is 1.86. The molecule has 2 nitrogen and oxygen atoms in total. The van der Waals surface area contributed by atoms with Crippen LogP contribution in [0.5, 0.6) is 0 Å². The van der Waals surface area contributed by atoms with E-state index in [0.29, 0.717) is 16.7 Å². The number of hydrogen-bond donors (Lipinski definition) is 1. The molecule has 0 saturated heterocycles. The zero-order valence-corrected chi connectivity index (χ0v) is 14.3. The Hall–Kier alpha value is -2.27. The van der Waals surface area contributed by atoms with Gasteiger partial charge in [0.1, 0.15) is 0 Å². The molecular formula is C19H16ClF3O2. The summed E-state index contributed by atoms with van der Waals surface area (Å²) in [6, 6.07) is 8.66. The summed E-state index contributed by atoms with van der Waals surface area (Å²) in [4.78, 5) is 11.0. The van der Waals surface area contributed by atoms with Gasteiger partial charge in [-0.05, 0) is 48.2 Å². The van der Waals surface area contributed by atoms with Crippen molar-refractivity contribution in [1.82, 2.24) is 0 Å². The summed E-state index contributed by atoms with van der Waals surface area (Å²) < 4.78 is 40.3. The van der Waals surface area contributed by atoms with E-state index in [2.05, 4.69) is 0 Å². The zero-order chi connectivity index (χ0) is 18.8. The first-order valence-electron chi connectivity index (χ1n) is 7.44. The van der Waals surface area contributed by atoms with Gasteiger partial charge in [-0.2, -0.15) is 13.2 Å². The maximum atomic E-state index is 13.4. The normalized spacial score (nSPS) is 13.2. The monoisotopic (exact) mass is 368 g/mol. The Kier molecular flexibility index (Phi) is 5.58. The number of aromatic carboxylic acids is 1. The molecule has 0 aliphatic rings. The number of rotatable bonds is 4. The van der Waals surface area contributed by atoms with Crippen LogP contribution in [0, 0.1) is 13.8 Å². The summed E-state index contributed by atoms with van der Waals surface area (Å²) in [6.07, 6.45) is -2.08. The minimum atomic E-state index is -4.47. The molecule has 0 fully saturated rings. The van der Waals surface area contributed by atoms with Gasteiger partial charge in [0, 0.05) is 5.02 Å². The molecule has 0 saturated carbocycles. The average molecular weight is 369 g/mol. The number of carbonyl (C=O) groups is 1. The van der Waals surface area contributed by atoms with E-state index < -0.39 is 18.1 Å². The second kappa shape index (κ2) is 7.31. The van der Waals surface area contributed by atoms with Crippen molar-refractivity contribution in [2.24, 2.45) is 0 Å². The van der Waals surface area contributed by atoms with Crippen molar-refractivity contribution in [3.05, 3.63) is 75.3 Å². The van der Waals surface area contributed by atoms with E-state index in [4.69, 9.17) is 16.7 Å². The molecule has 0 aromatic heterocycles. The predicted octanol–water partition coefficient (Wildman–Crippen LogP) is 6.01. The first kappa shape index (κ1) is 19.1. The van der Waals surface area contributed by atoms with Crippen molar-refractivity contribution in [2.75, 3.05) is 0 Å². The Labute approximate surface area is 148 Å². The second-order valence-corrected chi connectivity index (χ2v) is 6.17. The van der Waals surface area contributed by atoms with E-state index in [9.17, 15) is 18.0 Å². The molecule has 0 aliphatic heterocycles. The fourth-order valence-corrected chi connectivity index (χ4v) is 2.64. The third kappa shape index (κ3) is 4.63. The largest absolute Gasteiger partial charge is 0.478 e. The summed E-state index contributed by atoms with van der Waals surface area (Å²) >= 11 is 5.95. The Bertz CT molecular complexity index is 826. The van der Waals surface area contributed by atoms with Crippen LogP contribution in [-0.4, -0.2) is 17.3 Å². The van der Waals surface area contributed by atoms with Crippen LogP contribution in [0.2, 0.25) is 5.02 Å². The maximum Gasteiger partial charge on any atom is 0.399 e. The van der Waals surface area contributed by atoms with Crippen LogP contribution < -0.4 is 0 Å². The lowest BCUT2D eigenvalue weighted by molar-refractivity contribution is -0.139. The van der Waals surface area contributed by atoms with Gasteiger partial charge < -0.3 is 5.11 Å². The van der Waals surface area contributed by atoms with Crippen LogP contribution in [0.25, 0.3) is 6.08 Å². The molecule has 2 aromatic carbocycles. The molecule has 0 amide bonds. The SMILES string of the molecule is Cc1ccc(C(/C=C/c2ccc(C(=O)O)c(C)c2)C(F)(F)F)cc1Cl. The molecule has 0 radical (unpaired) electrons. The van der Waals surface area contributed by atoms with Crippen molar-refractivity contribution in [1.29, 1.82) is 0 Å². The molecule has 0 bridgehead atoms. The number of carboxylic acid groups (broad SMARTS) is 1. The van der Waals surface area contributed by atoms with Crippen LogP contribution in [0.4, 0.5) is 13.2 Å². The minimum Gasteiger partial charge on any atom is -0.478 e. The smallest absolute Gasteiger partial charge is 0.399 e. The van der Waals surface area contributed by atoms with E-state index >= 15 is 0 Å². The van der Waals surface area contributed by atoms with Gasteiger partial charge in [0.25, 0.3) is 0 Å². The Balaban J connectivity index is 2.37. The molecule has 1 atom stereocenters. The first-order valence-corrected chi connectivity index (χ1v) is 7.82. The van der Waals surface area contributed by atoms with Crippen molar-refractivity contribution in [3.63, 3.8) is 0 Å². The number of allylic oxidation sites excluding steroid dienone is 1. The third-order valence-electron chi connectivity index (χ3n) is 3.87. The standard InChI is InChI=1S/C19H16ClF3O2/c1-11-3-6-14(10-17(11)20)16(19(21,22)23)8-5-13-4-7-15(18(24)25)12(2)9-13/h3-10,16H,1-2H3,(H,24,25)/b8-5+. The van der Waals surface area contributed by atoms with Gasteiger partial charge in [0.05, 0.1) is 11.5 Å². The van der Waals surface area contributed by atoms with Crippen LogP contribution in [0.3, 0.4) is 0 Å². The molecule has 6 heteroatoms. The van der Waals surface area contributed by atoms with Gasteiger partial charge in [0.2, 0.25) is 0 Å². The Morgan fingerprint density at radius 2 is 1.80 bits per heavy atom. The van der Waals surface area contributed by atoms with E-state index in [1.807, 2.05) is 0 Å². The van der Waals surface area contributed by atoms with E-state index in [0.717, 1.165) is 6.08 Å². The van der Waals surface area contributed by atoms with Crippen molar-refractivity contribution in [2.45, 2.75) is 25.9 Å². The highest BCUT2D eigenvalue weighted by Gasteiger charge is 2.39. The molecular weight excluding hydrogens is 353 g/mol. The van der Waals surface area contributed by atoms with Gasteiger partial charge in [-0.15, -0.1) is 0 Å². The quantitative estimate of drug-likeness (QED) is 0.717. The first-order chi connectivity index (χ1) is 11.6. The van der Waals surface area contributed by atoms with Crippen molar-refractivity contribution in [3.8, 4) is 0 Å². The highest BCUT2D eigenvalue weighted by atomic mass is 35.5. The summed E-state index contributed by atoms with van der Waals surface area (Å²) in [5.74, 6) is -2.87. The molecule has 1 unspecified atom stereocenters. The summed E-state index contributed by atoms with van der Waals surface area (Å²) in [5, 5.41) is 9.28. The molecule has 2 rings (SSSR count). The third-order valence-corrected chi connectivity index (χ3v) is 4.28. The van der Waals surface area contributed by atoms with Crippen LogP contribution in [0.1, 0.15) is 38.5 Å². The lowest BCUT2D eigenvalue weighted by Crippen LogP contribution is -2.18. The number of halogens is 4. The molecule has 0 aliphatic carbocycles. The number of alkyl halides is 3. The fraction of sp³-hybridized carbons (Fsp3) is 0.211. The predicted molar refractivity (Wildman–Crippen MR) is 92.2 cm³/mol. The highest BCUT2D eigenvalue weighted by molar-refractivity contribution is 6.31. The van der Waals surface area contributed by atoms with Crippen molar-refractivity contribution < 1.29 is 23.1 Å². The Morgan fingerprint density at radius 1 is 1.12 bits per heavy atom. The minimum absolute atomic E-state index is 0.0539. The second-order valence-electron chi connectivity index (χ2n) is 5.77. The molecule has 0 spiro atoms. The number of carboxylic acids is 1. The van der Waals surface area contributed by atoms with Crippen LogP contribution >= 0.6 is 11.6 Å². The lowest BCUT2D eigenvalue weighted by Gasteiger charge is -2.18. The zero-order valence-electron chi connectivity index (χ0n) is 13.6. The van der Waals surface area contributed by atoms with E-state index in [-0.39, 0.29) is 16.1 Å². The van der Waals surface area contributed by atoms with Gasteiger partial charge in [-0.1, -0.05) is 48.0 Å². The van der Waals surface area contributed by atoms with Crippen molar-refractivity contribution >= 4 is 23.6 Å². The number of aryl methyl sites for hydroxylation is 2. The lowest BCUT2D eigenvalue weighted by atomic mass is 9.95. The van der Waals surface area contributed by atoms with Crippen LogP contribution in [-0.2, 0) is 0 Å². The number of benzene rings is 2. The average Bonchev–Trinajstić information content (AvgIpc) is 2.49. The van der Waals surface area contributed by atoms with Gasteiger partial charge in [-0.3, -0.25) is 0 Å². The topological polar surface area (TPSA) is 37.3 Å². The van der Waals surface area contributed by atoms with Gasteiger partial charge in [0.15, 0.2) is 0 Å². The van der Waals surface area contributed by atoms with Gasteiger partial charge >= 0.3 is 12.1 Å². The summed E-state index contributed by atoms with van der Waals surface area (Å²) in [7, 11) is 0. The fourth-order valence-electron chi connectivity index (χ4n) is 2.45. The molecule has 1 N–H and O–H groups in total. The summed E-state index contributed by atoms with van der Waals surface area (Å²) in [6.45, 7) is 3.32. The van der Waals surface area contributed by atoms with E-state index in [1.54, 1.807) is 19.9 Å². The van der Waals surface area contributed by atoms with Crippen LogP contribution in [0.15, 0.2) is 42.5 Å². The van der Waals surface area contributed by atoms with Gasteiger partial charge in [-0.25, -0.2) is 4.79 Å². The molecule has 2 aromatic rings. The highest BCUT2D eigenvalue weighted by Crippen LogP contribution is 2.37. The van der Waals surface area contributed by atoms with E-state index in [1.165, 1.54) is 36.4 Å². The molecule has 0 heterocycles. The molecule has 25 heavy (non-hydrogen) atoms. The maximum absolute atomic E-state index is 13.4.